The van der Waals surface area contributed by atoms with Crippen molar-refractivity contribution in [3.8, 4) is 0 Å². The minimum atomic E-state index is -1.26. The first kappa shape index (κ1) is 13.8. The Morgan fingerprint density at radius 1 is 1.35 bits per heavy atom. The molecule has 0 aliphatic heterocycles. The molecule has 6 nitrogen and oxygen atoms in total. The lowest BCUT2D eigenvalue weighted by molar-refractivity contribution is -0.142. The van der Waals surface area contributed by atoms with Gasteiger partial charge in [-0.25, -0.2) is 9.59 Å². The van der Waals surface area contributed by atoms with Crippen molar-refractivity contribution in [2.24, 2.45) is 0 Å². The van der Waals surface area contributed by atoms with E-state index in [9.17, 15) is 9.59 Å². The second-order valence-electron chi connectivity index (χ2n) is 4.90. The normalized spacial score (nSPS) is 24.4. The molecule has 0 saturated heterocycles. The summed E-state index contributed by atoms with van der Waals surface area (Å²) in [7, 11) is 1.65. The van der Waals surface area contributed by atoms with Gasteiger partial charge in [0, 0.05) is 13.2 Å². The minimum Gasteiger partial charge on any atom is -0.480 e. The van der Waals surface area contributed by atoms with E-state index in [1.54, 1.807) is 7.11 Å². The van der Waals surface area contributed by atoms with Crippen LogP contribution in [0.2, 0.25) is 0 Å². The summed E-state index contributed by atoms with van der Waals surface area (Å²) >= 11 is 0. The molecule has 0 heterocycles. The lowest BCUT2D eigenvalue weighted by atomic mass is 10.1. The molecule has 0 bridgehead atoms. The summed E-state index contributed by atoms with van der Waals surface area (Å²) in [5, 5.41) is 14.1. The maximum atomic E-state index is 11.6. The standard InChI is InChI=1S/C11H20N2O4/c1-11(2,9(14)15)13-10(16)12-7-4-5-8(6-7)17-3/h7-8H,4-6H2,1-3H3,(H,14,15)(H2,12,13,16). The molecule has 2 amide bonds. The molecule has 2 unspecified atom stereocenters. The number of carbonyl (C=O) groups is 2. The van der Waals surface area contributed by atoms with Gasteiger partial charge in [0.1, 0.15) is 5.54 Å². The SMILES string of the molecule is COC1CCC(NC(=O)NC(C)(C)C(=O)O)C1. The number of urea groups is 1. The number of hydrogen-bond donors (Lipinski definition) is 3. The second-order valence-corrected chi connectivity index (χ2v) is 4.90. The number of amides is 2. The highest BCUT2D eigenvalue weighted by atomic mass is 16.5. The number of hydrogen-bond acceptors (Lipinski definition) is 3. The van der Waals surface area contributed by atoms with Crippen LogP contribution < -0.4 is 10.6 Å². The van der Waals surface area contributed by atoms with E-state index in [-0.39, 0.29) is 12.1 Å². The Hall–Kier alpha value is -1.30. The Labute approximate surface area is 101 Å². The molecule has 0 aromatic rings. The Morgan fingerprint density at radius 3 is 2.47 bits per heavy atom. The van der Waals surface area contributed by atoms with Gasteiger partial charge in [0.2, 0.25) is 0 Å². The zero-order valence-corrected chi connectivity index (χ0v) is 10.4. The van der Waals surface area contributed by atoms with Gasteiger partial charge in [-0.1, -0.05) is 0 Å². The van der Waals surface area contributed by atoms with E-state index in [1.807, 2.05) is 0 Å². The molecule has 98 valence electrons. The number of carboxylic acids is 1. The molecule has 1 aliphatic carbocycles. The van der Waals surface area contributed by atoms with Crippen molar-refractivity contribution in [3.05, 3.63) is 0 Å². The molecule has 1 fully saturated rings. The van der Waals surface area contributed by atoms with Crippen LogP contribution in [0, 0.1) is 0 Å². The number of carboxylic acid groups (broad SMARTS) is 1. The summed E-state index contributed by atoms with van der Waals surface area (Å²) in [6.07, 6.45) is 2.74. The zero-order valence-electron chi connectivity index (χ0n) is 10.4. The topological polar surface area (TPSA) is 87.7 Å². The van der Waals surface area contributed by atoms with Gasteiger partial charge in [-0.05, 0) is 33.1 Å². The van der Waals surface area contributed by atoms with Gasteiger partial charge in [-0.2, -0.15) is 0 Å². The highest BCUT2D eigenvalue weighted by Crippen LogP contribution is 2.21. The van der Waals surface area contributed by atoms with Gasteiger partial charge >= 0.3 is 12.0 Å². The first-order valence-electron chi connectivity index (χ1n) is 5.70. The molecular formula is C11H20N2O4. The van der Waals surface area contributed by atoms with Gasteiger partial charge in [0.05, 0.1) is 6.10 Å². The highest BCUT2D eigenvalue weighted by Gasteiger charge is 2.31. The monoisotopic (exact) mass is 244 g/mol. The van der Waals surface area contributed by atoms with E-state index in [0.29, 0.717) is 0 Å². The molecule has 1 aliphatic rings. The van der Waals surface area contributed by atoms with Crippen LogP contribution in [0.25, 0.3) is 0 Å². The predicted molar refractivity (Wildman–Crippen MR) is 61.8 cm³/mol. The summed E-state index contributed by atoms with van der Waals surface area (Å²) in [6.45, 7) is 2.89. The third kappa shape index (κ3) is 3.89. The number of methoxy groups -OCH3 is 1. The highest BCUT2D eigenvalue weighted by molar-refractivity contribution is 5.85. The summed E-state index contributed by atoms with van der Waals surface area (Å²) in [6, 6.07) is -0.385. The largest absolute Gasteiger partial charge is 0.480 e. The van der Waals surface area contributed by atoms with E-state index >= 15 is 0 Å². The number of aliphatic carboxylic acids is 1. The van der Waals surface area contributed by atoms with Crippen LogP contribution >= 0.6 is 0 Å². The molecule has 0 radical (unpaired) electrons. The molecule has 1 rings (SSSR count). The summed E-state index contributed by atoms with van der Waals surface area (Å²) in [5.74, 6) is -1.06. The van der Waals surface area contributed by atoms with Crippen molar-refractivity contribution in [2.75, 3.05) is 7.11 Å². The van der Waals surface area contributed by atoms with E-state index in [0.717, 1.165) is 19.3 Å². The number of rotatable bonds is 4. The molecule has 1 saturated carbocycles. The van der Waals surface area contributed by atoms with E-state index in [2.05, 4.69) is 10.6 Å². The van der Waals surface area contributed by atoms with E-state index < -0.39 is 17.5 Å². The molecule has 0 aromatic carbocycles. The van der Waals surface area contributed by atoms with E-state index in [1.165, 1.54) is 13.8 Å². The quantitative estimate of drug-likeness (QED) is 0.680. The van der Waals surface area contributed by atoms with Gasteiger partial charge in [0.15, 0.2) is 0 Å². The fourth-order valence-corrected chi connectivity index (χ4v) is 1.84. The Morgan fingerprint density at radius 2 is 2.00 bits per heavy atom. The third-order valence-electron chi connectivity index (χ3n) is 3.01. The number of nitrogens with one attached hydrogen (secondary N) is 2. The van der Waals surface area contributed by atoms with Crippen molar-refractivity contribution >= 4 is 12.0 Å². The van der Waals surface area contributed by atoms with Crippen LogP contribution in [0.5, 0.6) is 0 Å². The van der Waals surface area contributed by atoms with Crippen LogP contribution in [-0.2, 0) is 9.53 Å². The smallest absolute Gasteiger partial charge is 0.328 e. The average molecular weight is 244 g/mol. The minimum absolute atomic E-state index is 0.0598. The number of carbonyl (C=O) groups excluding carboxylic acids is 1. The van der Waals surface area contributed by atoms with Crippen LogP contribution in [0.3, 0.4) is 0 Å². The summed E-state index contributed by atoms with van der Waals surface area (Å²) < 4.78 is 5.20. The fraction of sp³-hybridized carbons (Fsp3) is 0.818. The van der Waals surface area contributed by atoms with Crippen molar-refractivity contribution in [3.63, 3.8) is 0 Å². The maximum Gasteiger partial charge on any atom is 0.328 e. The van der Waals surface area contributed by atoms with Gasteiger partial charge in [-0.15, -0.1) is 0 Å². The summed E-state index contributed by atoms with van der Waals surface area (Å²) in [4.78, 5) is 22.4. The Bertz CT molecular complexity index is 304. The van der Waals surface area contributed by atoms with Crippen molar-refractivity contribution in [2.45, 2.75) is 50.8 Å². The second kappa shape index (κ2) is 5.35. The molecule has 3 N–H and O–H groups in total. The molecule has 17 heavy (non-hydrogen) atoms. The summed E-state index contributed by atoms with van der Waals surface area (Å²) in [5.41, 5.74) is -1.26. The van der Waals surface area contributed by atoms with Gasteiger partial charge in [0.25, 0.3) is 0 Å². The first-order valence-corrected chi connectivity index (χ1v) is 5.70. The van der Waals surface area contributed by atoms with Crippen LogP contribution in [0.4, 0.5) is 4.79 Å². The van der Waals surface area contributed by atoms with Gasteiger partial charge < -0.3 is 20.5 Å². The molecule has 6 heteroatoms. The van der Waals surface area contributed by atoms with Gasteiger partial charge in [-0.3, -0.25) is 0 Å². The average Bonchev–Trinajstić information content (AvgIpc) is 2.64. The van der Waals surface area contributed by atoms with Crippen molar-refractivity contribution < 1.29 is 19.4 Å². The third-order valence-corrected chi connectivity index (χ3v) is 3.01. The van der Waals surface area contributed by atoms with Crippen LogP contribution in [0.1, 0.15) is 33.1 Å². The fourth-order valence-electron chi connectivity index (χ4n) is 1.84. The Balaban J connectivity index is 2.38. The molecule has 2 atom stereocenters. The van der Waals surface area contributed by atoms with E-state index in [4.69, 9.17) is 9.84 Å². The zero-order chi connectivity index (χ0) is 13.1. The maximum absolute atomic E-state index is 11.6. The predicted octanol–water partition coefficient (Wildman–Crippen LogP) is 0.716. The number of ether oxygens (including phenoxy) is 1. The molecule has 0 aromatic heterocycles. The molecular weight excluding hydrogens is 224 g/mol. The van der Waals surface area contributed by atoms with Crippen molar-refractivity contribution in [1.82, 2.24) is 10.6 Å². The van der Waals surface area contributed by atoms with Crippen LogP contribution in [-0.4, -0.2) is 41.9 Å². The lowest BCUT2D eigenvalue weighted by Crippen LogP contribution is -2.54. The molecule has 0 spiro atoms. The van der Waals surface area contributed by atoms with Crippen LogP contribution in [0.15, 0.2) is 0 Å². The Kier molecular flexibility index (Phi) is 4.34. The lowest BCUT2D eigenvalue weighted by Gasteiger charge is -2.23. The first-order chi connectivity index (χ1) is 7.85. The van der Waals surface area contributed by atoms with Crippen molar-refractivity contribution in [1.29, 1.82) is 0 Å².